The number of aryl methyl sites for hydroxylation is 1. The summed E-state index contributed by atoms with van der Waals surface area (Å²) in [5, 5.41) is 3.36. The van der Waals surface area contributed by atoms with Crippen LogP contribution in [0.2, 0.25) is 0 Å². The number of anilines is 1. The second-order valence-electron chi connectivity index (χ2n) is 8.58. The first-order valence-corrected chi connectivity index (χ1v) is 10.7. The maximum atomic E-state index is 13.3. The number of nitrogens with one attached hydrogen (secondary N) is 1. The molecule has 2 heterocycles. The zero-order chi connectivity index (χ0) is 20.8. The monoisotopic (exact) mass is 394 g/mol. The van der Waals surface area contributed by atoms with E-state index in [1.807, 2.05) is 17.0 Å². The highest BCUT2D eigenvalue weighted by molar-refractivity contribution is 5.99. The van der Waals surface area contributed by atoms with Gasteiger partial charge in [-0.3, -0.25) is 9.69 Å². The van der Waals surface area contributed by atoms with E-state index < -0.39 is 0 Å². The number of amides is 1. The summed E-state index contributed by atoms with van der Waals surface area (Å²) in [5.74, 6) is 1.40. The summed E-state index contributed by atoms with van der Waals surface area (Å²) in [7, 11) is 0. The van der Waals surface area contributed by atoms with Gasteiger partial charge in [0.15, 0.2) is 0 Å². The second-order valence-corrected chi connectivity index (χ2v) is 8.58. The quantitative estimate of drug-likeness (QED) is 0.765. The number of carbonyl (C=O) groups is 1. The van der Waals surface area contributed by atoms with Crippen molar-refractivity contribution in [2.75, 3.05) is 31.5 Å². The van der Waals surface area contributed by atoms with Crippen molar-refractivity contribution in [2.45, 2.75) is 46.7 Å². The molecule has 1 fully saturated rings. The maximum Gasteiger partial charge on any atom is 0.257 e. The number of aromatic nitrogens is 1. The van der Waals surface area contributed by atoms with Crippen LogP contribution in [-0.4, -0.2) is 52.9 Å². The molecule has 1 saturated heterocycles. The number of piperazine rings is 1. The fourth-order valence-electron chi connectivity index (χ4n) is 3.90. The molecule has 5 nitrogen and oxygen atoms in total. The van der Waals surface area contributed by atoms with Crippen LogP contribution in [0, 0.1) is 12.8 Å². The molecule has 0 bridgehead atoms. The third kappa shape index (κ3) is 5.80. The molecule has 1 amide bonds. The average Bonchev–Trinajstić information content (AvgIpc) is 2.68. The summed E-state index contributed by atoms with van der Waals surface area (Å²) in [4.78, 5) is 22.1. The van der Waals surface area contributed by atoms with Gasteiger partial charge < -0.3 is 10.2 Å². The molecule has 0 radical (unpaired) electrons. The molecule has 0 spiro atoms. The number of hydrogen-bond donors (Lipinski definition) is 1. The highest BCUT2D eigenvalue weighted by atomic mass is 16.2. The van der Waals surface area contributed by atoms with Crippen molar-refractivity contribution in [1.82, 2.24) is 14.8 Å². The molecule has 1 atom stereocenters. The molecule has 1 N–H and O–H groups in total. The Morgan fingerprint density at radius 3 is 2.79 bits per heavy atom. The predicted molar refractivity (Wildman–Crippen MR) is 119 cm³/mol. The van der Waals surface area contributed by atoms with Crippen molar-refractivity contribution in [1.29, 1.82) is 0 Å². The molecule has 1 aliphatic rings. The van der Waals surface area contributed by atoms with Crippen LogP contribution in [0.1, 0.15) is 48.7 Å². The number of hydrogen-bond acceptors (Lipinski definition) is 4. The number of pyridine rings is 1. The van der Waals surface area contributed by atoms with E-state index in [0.29, 0.717) is 17.3 Å². The van der Waals surface area contributed by atoms with Crippen molar-refractivity contribution < 1.29 is 4.79 Å². The van der Waals surface area contributed by atoms with Gasteiger partial charge in [-0.2, -0.15) is 0 Å². The maximum absolute atomic E-state index is 13.3. The van der Waals surface area contributed by atoms with Gasteiger partial charge in [0.1, 0.15) is 5.82 Å². The van der Waals surface area contributed by atoms with Gasteiger partial charge in [0.05, 0.1) is 5.56 Å². The zero-order valence-corrected chi connectivity index (χ0v) is 18.2. The summed E-state index contributed by atoms with van der Waals surface area (Å²) >= 11 is 0. The number of rotatable bonds is 7. The summed E-state index contributed by atoms with van der Waals surface area (Å²) in [6.07, 6.45) is 2.80. The summed E-state index contributed by atoms with van der Waals surface area (Å²) in [6.45, 7) is 12.9. The summed E-state index contributed by atoms with van der Waals surface area (Å²) in [5.41, 5.74) is 3.30. The molecule has 156 valence electrons. The first-order valence-electron chi connectivity index (χ1n) is 10.7. The lowest BCUT2D eigenvalue weighted by Crippen LogP contribution is -2.53. The molecule has 1 aromatic carbocycles. The van der Waals surface area contributed by atoms with E-state index in [0.717, 1.165) is 39.1 Å². The number of carbonyl (C=O) groups excluding carboxylic acids is 1. The lowest BCUT2D eigenvalue weighted by Gasteiger charge is -2.40. The van der Waals surface area contributed by atoms with Crippen molar-refractivity contribution >= 4 is 11.7 Å². The third-order valence-electron chi connectivity index (χ3n) is 5.51. The lowest BCUT2D eigenvalue weighted by atomic mass is 10.1. The van der Waals surface area contributed by atoms with E-state index in [4.69, 9.17) is 0 Å². The standard InChI is InChI=1S/C24H34N4O/c1-18(2)10-12-26-23-22(9-6-11-25-23)24(29)28-14-13-27(16-20(28)4)17-21-8-5-7-19(3)15-21/h5-9,11,15,18,20H,10,12-14,16-17H2,1-4H3,(H,25,26). The normalized spacial score (nSPS) is 17.6. The third-order valence-corrected chi connectivity index (χ3v) is 5.51. The Labute approximate surface area is 175 Å². The molecule has 0 saturated carbocycles. The Balaban J connectivity index is 1.62. The minimum Gasteiger partial charge on any atom is -0.369 e. The van der Waals surface area contributed by atoms with Crippen LogP contribution in [0.3, 0.4) is 0 Å². The Morgan fingerprint density at radius 2 is 2.07 bits per heavy atom. The van der Waals surface area contributed by atoms with Crippen molar-refractivity contribution in [3.8, 4) is 0 Å². The van der Waals surface area contributed by atoms with E-state index >= 15 is 0 Å². The Bertz CT molecular complexity index is 820. The zero-order valence-electron chi connectivity index (χ0n) is 18.2. The van der Waals surface area contributed by atoms with E-state index in [-0.39, 0.29) is 11.9 Å². The Kier molecular flexibility index (Phi) is 7.26. The highest BCUT2D eigenvalue weighted by Gasteiger charge is 2.29. The minimum absolute atomic E-state index is 0.0767. The van der Waals surface area contributed by atoms with Crippen molar-refractivity contribution in [3.63, 3.8) is 0 Å². The second kappa shape index (κ2) is 9.88. The van der Waals surface area contributed by atoms with Crippen molar-refractivity contribution in [2.24, 2.45) is 5.92 Å². The molecular weight excluding hydrogens is 360 g/mol. The first kappa shape index (κ1) is 21.3. The fraction of sp³-hybridized carbons (Fsp3) is 0.500. The van der Waals surface area contributed by atoms with Gasteiger partial charge in [-0.1, -0.05) is 43.7 Å². The van der Waals surface area contributed by atoms with Gasteiger partial charge in [-0.25, -0.2) is 4.98 Å². The Morgan fingerprint density at radius 1 is 1.24 bits per heavy atom. The van der Waals surface area contributed by atoms with Crippen LogP contribution in [0.25, 0.3) is 0 Å². The molecular formula is C24H34N4O. The van der Waals surface area contributed by atoms with Gasteiger partial charge in [0.2, 0.25) is 0 Å². The van der Waals surface area contributed by atoms with Gasteiger partial charge in [0.25, 0.3) is 5.91 Å². The predicted octanol–water partition coefficient (Wildman–Crippen LogP) is 4.19. The number of benzene rings is 1. The average molecular weight is 395 g/mol. The van der Waals surface area contributed by atoms with Gasteiger partial charge in [-0.05, 0) is 43.9 Å². The summed E-state index contributed by atoms with van der Waals surface area (Å²) in [6, 6.07) is 12.6. The van der Waals surface area contributed by atoms with Crippen LogP contribution in [-0.2, 0) is 6.54 Å². The summed E-state index contributed by atoms with van der Waals surface area (Å²) < 4.78 is 0. The largest absolute Gasteiger partial charge is 0.369 e. The fourth-order valence-corrected chi connectivity index (χ4v) is 3.90. The molecule has 1 aromatic heterocycles. The van der Waals surface area contributed by atoms with Crippen LogP contribution in [0.5, 0.6) is 0 Å². The van der Waals surface area contributed by atoms with E-state index in [1.54, 1.807) is 6.20 Å². The topological polar surface area (TPSA) is 48.5 Å². The van der Waals surface area contributed by atoms with Gasteiger partial charge in [0, 0.05) is 45.0 Å². The molecule has 1 unspecified atom stereocenters. The SMILES string of the molecule is Cc1cccc(CN2CCN(C(=O)c3cccnc3NCCC(C)C)C(C)C2)c1. The first-order chi connectivity index (χ1) is 13.9. The minimum atomic E-state index is 0.0767. The van der Waals surface area contributed by atoms with E-state index in [9.17, 15) is 4.79 Å². The molecule has 2 aromatic rings. The highest BCUT2D eigenvalue weighted by Crippen LogP contribution is 2.20. The molecule has 3 rings (SSSR count). The van der Waals surface area contributed by atoms with Crippen molar-refractivity contribution in [3.05, 3.63) is 59.3 Å². The van der Waals surface area contributed by atoms with E-state index in [1.165, 1.54) is 11.1 Å². The Hall–Kier alpha value is -2.40. The smallest absolute Gasteiger partial charge is 0.257 e. The molecule has 0 aliphatic carbocycles. The van der Waals surface area contributed by atoms with Gasteiger partial charge in [-0.15, -0.1) is 0 Å². The molecule has 5 heteroatoms. The van der Waals surface area contributed by atoms with Crippen LogP contribution < -0.4 is 5.32 Å². The van der Waals surface area contributed by atoms with E-state index in [2.05, 4.69) is 67.2 Å². The molecule has 1 aliphatic heterocycles. The lowest BCUT2D eigenvalue weighted by molar-refractivity contribution is 0.0476. The van der Waals surface area contributed by atoms with Gasteiger partial charge >= 0.3 is 0 Å². The van der Waals surface area contributed by atoms with Crippen LogP contribution >= 0.6 is 0 Å². The number of nitrogens with zero attached hydrogens (tertiary/aromatic N) is 3. The van der Waals surface area contributed by atoms with Crippen LogP contribution in [0.15, 0.2) is 42.6 Å². The molecule has 29 heavy (non-hydrogen) atoms. The van der Waals surface area contributed by atoms with Crippen LogP contribution in [0.4, 0.5) is 5.82 Å².